The molecule has 1 fully saturated rings. The Kier molecular flexibility index (Phi) is 4.20. The van der Waals surface area contributed by atoms with Crippen molar-refractivity contribution >= 4 is 11.6 Å². The quantitative estimate of drug-likeness (QED) is 0.681. The van der Waals surface area contributed by atoms with Crippen LogP contribution >= 0.6 is 0 Å². The topological polar surface area (TPSA) is 75.5 Å². The zero-order chi connectivity index (χ0) is 18.1. The number of fused-ring (bicyclic) bond motifs is 1. The Bertz CT molecular complexity index is 850. The molecule has 1 N–H and O–H groups in total. The highest BCUT2D eigenvalue weighted by Crippen LogP contribution is 2.37. The molecule has 6 heteroatoms. The van der Waals surface area contributed by atoms with Gasteiger partial charge in [0.25, 0.3) is 5.69 Å². The van der Waals surface area contributed by atoms with E-state index in [9.17, 15) is 14.9 Å². The van der Waals surface area contributed by atoms with Gasteiger partial charge in [-0.3, -0.25) is 19.8 Å². The molecule has 2 aromatic rings. The summed E-state index contributed by atoms with van der Waals surface area (Å²) >= 11 is 0. The first-order valence-corrected chi connectivity index (χ1v) is 8.87. The number of likely N-dealkylation sites (tertiary alicyclic amines) is 1. The number of carbonyl (C=O) groups excluding carboxylic acids is 1. The standard InChI is InChI=1S/C20H21N3O3/c24-19-20(11-16-3-1-2-4-17(16)12-21-19)9-10-22(14-20)13-15-5-7-18(8-6-15)23(25)26/h1-8H,9-14H2,(H,21,24). The van der Waals surface area contributed by atoms with Crippen LogP contribution in [0.3, 0.4) is 0 Å². The van der Waals surface area contributed by atoms with Crippen molar-refractivity contribution in [1.29, 1.82) is 0 Å². The lowest BCUT2D eigenvalue weighted by Gasteiger charge is -2.26. The molecule has 0 bridgehead atoms. The molecule has 134 valence electrons. The summed E-state index contributed by atoms with van der Waals surface area (Å²) in [6.45, 7) is 2.87. The molecular weight excluding hydrogens is 330 g/mol. The predicted octanol–water partition coefficient (Wildman–Crippen LogP) is 2.66. The van der Waals surface area contributed by atoms with E-state index in [-0.39, 0.29) is 21.9 Å². The first-order valence-electron chi connectivity index (χ1n) is 8.87. The predicted molar refractivity (Wildman–Crippen MR) is 97.4 cm³/mol. The van der Waals surface area contributed by atoms with Crippen molar-refractivity contribution in [3.05, 3.63) is 75.3 Å². The summed E-state index contributed by atoms with van der Waals surface area (Å²) in [7, 11) is 0. The fraction of sp³-hybridized carbons (Fsp3) is 0.350. The maximum absolute atomic E-state index is 12.8. The van der Waals surface area contributed by atoms with Gasteiger partial charge in [-0.25, -0.2) is 0 Å². The second-order valence-electron chi connectivity index (χ2n) is 7.29. The van der Waals surface area contributed by atoms with Crippen LogP contribution in [0.4, 0.5) is 5.69 Å². The van der Waals surface area contributed by atoms with Crippen LogP contribution in [0.5, 0.6) is 0 Å². The molecule has 4 rings (SSSR count). The summed E-state index contributed by atoms with van der Waals surface area (Å²) in [6, 6.07) is 14.9. The van der Waals surface area contributed by atoms with E-state index in [2.05, 4.69) is 22.3 Å². The molecule has 1 unspecified atom stereocenters. The van der Waals surface area contributed by atoms with Gasteiger partial charge in [-0.1, -0.05) is 36.4 Å². The Labute approximate surface area is 152 Å². The van der Waals surface area contributed by atoms with Gasteiger partial charge in [0.05, 0.1) is 10.3 Å². The van der Waals surface area contributed by atoms with Crippen molar-refractivity contribution in [2.45, 2.75) is 25.9 Å². The third-order valence-corrected chi connectivity index (χ3v) is 5.55. The summed E-state index contributed by atoms with van der Waals surface area (Å²) < 4.78 is 0. The number of nitro benzene ring substituents is 1. The van der Waals surface area contributed by atoms with Crippen molar-refractivity contribution in [1.82, 2.24) is 10.2 Å². The molecule has 2 heterocycles. The molecule has 1 amide bonds. The minimum atomic E-state index is -0.387. The number of nitrogens with zero attached hydrogens (tertiary/aromatic N) is 2. The molecule has 1 atom stereocenters. The highest BCUT2D eigenvalue weighted by atomic mass is 16.6. The molecule has 0 aliphatic carbocycles. The van der Waals surface area contributed by atoms with Gasteiger partial charge < -0.3 is 5.32 Å². The van der Waals surface area contributed by atoms with Crippen LogP contribution in [0.2, 0.25) is 0 Å². The minimum Gasteiger partial charge on any atom is -0.351 e. The Hall–Kier alpha value is -2.73. The number of benzene rings is 2. The summed E-state index contributed by atoms with van der Waals surface area (Å²) in [5.74, 6) is 0.139. The van der Waals surface area contributed by atoms with Crippen LogP contribution < -0.4 is 5.32 Å². The highest BCUT2D eigenvalue weighted by molar-refractivity contribution is 5.84. The van der Waals surface area contributed by atoms with E-state index in [0.717, 1.165) is 24.9 Å². The number of nitrogens with one attached hydrogen (secondary N) is 1. The second-order valence-corrected chi connectivity index (χ2v) is 7.29. The normalized spacial score (nSPS) is 22.7. The number of carbonyl (C=O) groups is 1. The van der Waals surface area contributed by atoms with E-state index >= 15 is 0 Å². The van der Waals surface area contributed by atoms with Gasteiger partial charge in [-0.2, -0.15) is 0 Å². The first kappa shape index (κ1) is 16.7. The molecule has 1 spiro atoms. The molecule has 2 aliphatic heterocycles. The number of rotatable bonds is 3. The van der Waals surface area contributed by atoms with Gasteiger partial charge in [-0.05, 0) is 36.1 Å². The third-order valence-electron chi connectivity index (χ3n) is 5.55. The lowest BCUT2D eigenvalue weighted by molar-refractivity contribution is -0.384. The van der Waals surface area contributed by atoms with Crippen LogP contribution in [-0.2, 0) is 24.3 Å². The monoisotopic (exact) mass is 351 g/mol. The SMILES string of the molecule is O=C1NCc2ccccc2CC12CCN(Cc1ccc([N+](=O)[O-])cc1)C2. The van der Waals surface area contributed by atoms with Crippen LogP contribution in [0, 0.1) is 15.5 Å². The Morgan fingerprint density at radius 3 is 2.58 bits per heavy atom. The minimum absolute atomic E-state index is 0.103. The third kappa shape index (κ3) is 3.08. The van der Waals surface area contributed by atoms with E-state index in [1.165, 1.54) is 23.3 Å². The van der Waals surface area contributed by atoms with Crippen molar-refractivity contribution < 1.29 is 9.72 Å². The zero-order valence-electron chi connectivity index (χ0n) is 14.5. The van der Waals surface area contributed by atoms with Gasteiger partial charge in [0.1, 0.15) is 0 Å². The number of hydrogen-bond donors (Lipinski definition) is 1. The molecule has 26 heavy (non-hydrogen) atoms. The summed E-state index contributed by atoms with van der Waals surface area (Å²) in [4.78, 5) is 25.5. The van der Waals surface area contributed by atoms with Gasteiger partial charge in [0.15, 0.2) is 0 Å². The molecule has 0 saturated carbocycles. The fourth-order valence-electron chi connectivity index (χ4n) is 4.11. The van der Waals surface area contributed by atoms with E-state index in [1.807, 2.05) is 12.1 Å². The molecule has 1 saturated heterocycles. The summed E-state index contributed by atoms with van der Waals surface area (Å²) in [5.41, 5.74) is 3.20. The van der Waals surface area contributed by atoms with Crippen LogP contribution in [0.15, 0.2) is 48.5 Å². The van der Waals surface area contributed by atoms with E-state index in [1.54, 1.807) is 12.1 Å². The lowest BCUT2D eigenvalue weighted by Crippen LogP contribution is -2.42. The number of nitro groups is 1. The Morgan fingerprint density at radius 2 is 1.85 bits per heavy atom. The lowest BCUT2D eigenvalue weighted by atomic mass is 9.80. The van der Waals surface area contributed by atoms with Crippen LogP contribution in [0.1, 0.15) is 23.1 Å². The highest BCUT2D eigenvalue weighted by Gasteiger charge is 2.45. The van der Waals surface area contributed by atoms with E-state index in [4.69, 9.17) is 0 Å². The fourth-order valence-corrected chi connectivity index (χ4v) is 4.11. The number of amides is 1. The van der Waals surface area contributed by atoms with E-state index < -0.39 is 0 Å². The Morgan fingerprint density at radius 1 is 1.12 bits per heavy atom. The molecule has 0 aromatic heterocycles. The number of non-ortho nitro benzene ring substituents is 1. The van der Waals surface area contributed by atoms with Gasteiger partial charge >= 0.3 is 0 Å². The van der Waals surface area contributed by atoms with Crippen molar-refractivity contribution in [2.24, 2.45) is 5.41 Å². The van der Waals surface area contributed by atoms with Crippen molar-refractivity contribution in [3.63, 3.8) is 0 Å². The van der Waals surface area contributed by atoms with Gasteiger partial charge in [-0.15, -0.1) is 0 Å². The van der Waals surface area contributed by atoms with Crippen molar-refractivity contribution in [2.75, 3.05) is 13.1 Å². The molecule has 2 aliphatic rings. The Balaban J connectivity index is 1.50. The summed E-state index contributed by atoms with van der Waals surface area (Å²) in [5, 5.41) is 13.9. The average molecular weight is 351 g/mol. The van der Waals surface area contributed by atoms with Gasteiger partial charge in [0.2, 0.25) is 5.91 Å². The molecular formula is C20H21N3O3. The molecule has 0 radical (unpaired) electrons. The average Bonchev–Trinajstić information content (AvgIpc) is 2.98. The molecule has 6 nitrogen and oxygen atoms in total. The zero-order valence-corrected chi connectivity index (χ0v) is 14.5. The van der Waals surface area contributed by atoms with Gasteiger partial charge in [0, 0.05) is 31.8 Å². The van der Waals surface area contributed by atoms with Crippen LogP contribution in [-0.4, -0.2) is 28.8 Å². The van der Waals surface area contributed by atoms with Crippen LogP contribution in [0.25, 0.3) is 0 Å². The largest absolute Gasteiger partial charge is 0.351 e. The van der Waals surface area contributed by atoms with Crippen molar-refractivity contribution in [3.8, 4) is 0 Å². The maximum atomic E-state index is 12.8. The van der Waals surface area contributed by atoms with E-state index in [0.29, 0.717) is 19.6 Å². The summed E-state index contributed by atoms with van der Waals surface area (Å²) in [6.07, 6.45) is 1.60. The number of hydrogen-bond acceptors (Lipinski definition) is 4. The first-order chi connectivity index (χ1) is 12.6. The second kappa shape index (κ2) is 6.53. The molecule has 2 aromatic carbocycles. The maximum Gasteiger partial charge on any atom is 0.269 e. The smallest absolute Gasteiger partial charge is 0.269 e.